The third kappa shape index (κ3) is 3.75. The molecule has 0 amide bonds. The van der Waals surface area contributed by atoms with E-state index in [1.807, 2.05) is 0 Å². The van der Waals surface area contributed by atoms with Crippen LogP contribution < -0.4 is 9.47 Å². The summed E-state index contributed by atoms with van der Waals surface area (Å²) < 4.78 is 12.6. The summed E-state index contributed by atoms with van der Waals surface area (Å²) in [6.07, 6.45) is 1.47. The van der Waals surface area contributed by atoms with E-state index in [0.717, 1.165) is 0 Å². The molecule has 0 fully saturated rings. The summed E-state index contributed by atoms with van der Waals surface area (Å²) in [6, 6.07) is 4.80. The molecular formula is C13H8Br3NO4. The van der Waals surface area contributed by atoms with Crippen molar-refractivity contribution in [2.45, 2.75) is 0 Å². The average Bonchev–Trinajstić information content (AvgIpc) is 2.44. The summed E-state index contributed by atoms with van der Waals surface area (Å²) in [4.78, 5) is 15.2. The molecule has 0 aliphatic carbocycles. The number of methoxy groups -OCH3 is 1. The van der Waals surface area contributed by atoms with Gasteiger partial charge in [0.2, 0.25) is 5.88 Å². The van der Waals surface area contributed by atoms with E-state index >= 15 is 0 Å². The number of halogens is 3. The van der Waals surface area contributed by atoms with Gasteiger partial charge in [-0.05, 0) is 66.0 Å². The molecule has 8 heteroatoms. The van der Waals surface area contributed by atoms with Crippen LogP contribution in [-0.4, -0.2) is 23.2 Å². The third-order valence-corrected chi connectivity index (χ3v) is 4.13. The van der Waals surface area contributed by atoms with Gasteiger partial charge in [-0.2, -0.15) is 0 Å². The number of hydrogen-bond donors (Lipinski definition) is 1. The minimum Gasteiger partial charge on any atom is -0.496 e. The summed E-state index contributed by atoms with van der Waals surface area (Å²) in [5.41, 5.74) is -0.0387. The van der Waals surface area contributed by atoms with Crippen LogP contribution in [0.5, 0.6) is 17.4 Å². The molecule has 0 aliphatic heterocycles. The zero-order chi connectivity index (χ0) is 15.6. The topological polar surface area (TPSA) is 68.7 Å². The lowest BCUT2D eigenvalue weighted by Gasteiger charge is -2.11. The van der Waals surface area contributed by atoms with Gasteiger partial charge in [-0.25, -0.2) is 9.78 Å². The first-order valence-corrected chi connectivity index (χ1v) is 7.90. The maximum absolute atomic E-state index is 11.2. The number of ether oxygens (including phenoxy) is 2. The molecule has 0 unspecified atom stereocenters. The van der Waals surface area contributed by atoms with E-state index < -0.39 is 5.97 Å². The van der Waals surface area contributed by atoms with Crippen molar-refractivity contribution in [3.05, 3.63) is 43.4 Å². The van der Waals surface area contributed by atoms with Crippen LogP contribution in [0, 0.1) is 0 Å². The van der Waals surface area contributed by atoms with Crippen molar-refractivity contribution >= 4 is 53.8 Å². The van der Waals surface area contributed by atoms with Crippen LogP contribution in [0.25, 0.3) is 0 Å². The molecule has 0 saturated heterocycles. The molecule has 1 heterocycles. The van der Waals surface area contributed by atoms with Gasteiger partial charge in [0, 0.05) is 10.7 Å². The van der Waals surface area contributed by atoms with Gasteiger partial charge < -0.3 is 14.6 Å². The van der Waals surface area contributed by atoms with E-state index in [0.29, 0.717) is 24.9 Å². The van der Waals surface area contributed by atoms with Crippen molar-refractivity contribution in [2.24, 2.45) is 0 Å². The van der Waals surface area contributed by atoms with Crippen LogP contribution in [-0.2, 0) is 0 Å². The minimum absolute atomic E-state index is 0.00321. The summed E-state index contributed by atoms with van der Waals surface area (Å²) >= 11 is 9.87. The highest BCUT2D eigenvalue weighted by Gasteiger charge is 2.16. The number of carboxylic acids is 1. The van der Waals surface area contributed by atoms with E-state index in [9.17, 15) is 9.90 Å². The smallest absolute Gasteiger partial charge is 0.341 e. The molecular weight excluding hydrogens is 474 g/mol. The number of nitrogens with zero attached hydrogens (tertiary/aromatic N) is 1. The molecule has 21 heavy (non-hydrogen) atoms. The second-order valence-corrected chi connectivity index (χ2v) is 6.45. The van der Waals surface area contributed by atoms with Crippen molar-refractivity contribution in [3.63, 3.8) is 0 Å². The van der Waals surface area contributed by atoms with E-state index in [-0.39, 0.29) is 11.4 Å². The van der Waals surface area contributed by atoms with E-state index in [1.54, 1.807) is 19.2 Å². The van der Waals surface area contributed by atoms with E-state index in [4.69, 9.17) is 9.47 Å². The number of aromatic carboxylic acids is 1. The first-order valence-electron chi connectivity index (χ1n) is 5.52. The lowest BCUT2D eigenvalue weighted by atomic mass is 10.2. The molecule has 0 aliphatic rings. The second-order valence-electron chi connectivity index (χ2n) is 3.83. The number of carboxylic acid groups (broad SMARTS) is 1. The largest absolute Gasteiger partial charge is 0.496 e. The Hall–Kier alpha value is -1.12. The Kier molecular flexibility index (Phi) is 5.23. The Morgan fingerprint density at radius 3 is 2.38 bits per heavy atom. The first-order chi connectivity index (χ1) is 9.92. The number of carbonyl (C=O) groups is 1. The third-order valence-electron chi connectivity index (χ3n) is 2.46. The number of aromatic nitrogens is 1. The molecule has 2 aromatic rings. The Labute approximate surface area is 145 Å². The fourth-order valence-electron chi connectivity index (χ4n) is 1.51. The summed E-state index contributed by atoms with van der Waals surface area (Å²) in [5, 5.41) is 9.19. The Balaban J connectivity index is 2.43. The fourth-order valence-corrected chi connectivity index (χ4v) is 2.73. The molecule has 5 nitrogen and oxygen atoms in total. The molecule has 1 N–H and O–H groups in total. The average molecular weight is 482 g/mol. The summed E-state index contributed by atoms with van der Waals surface area (Å²) in [7, 11) is 1.55. The number of benzene rings is 1. The van der Waals surface area contributed by atoms with Crippen molar-refractivity contribution in [1.82, 2.24) is 4.98 Å². The second kappa shape index (κ2) is 6.76. The molecule has 110 valence electrons. The van der Waals surface area contributed by atoms with Gasteiger partial charge in [0.1, 0.15) is 17.1 Å². The predicted molar refractivity (Wildman–Crippen MR) is 87.4 cm³/mol. The first kappa shape index (κ1) is 16.3. The van der Waals surface area contributed by atoms with E-state index in [2.05, 4.69) is 52.8 Å². The maximum atomic E-state index is 11.2. The number of pyridine rings is 1. The van der Waals surface area contributed by atoms with Crippen molar-refractivity contribution in [3.8, 4) is 17.4 Å². The summed E-state index contributed by atoms with van der Waals surface area (Å²) in [5.74, 6) is -0.0811. The highest BCUT2D eigenvalue weighted by molar-refractivity contribution is 9.11. The Morgan fingerprint density at radius 2 is 1.76 bits per heavy atom. The lowest BCUT2D eigenvalue weighted by molar-refractivity contribution is 0.0693. The quantitative estimate of drug-likeness (QED) is 0.675. The van der Waals surface area contributed by atoms with Gasteiger partial charge in [-0.15, -0.1) is 0 Å². The molecule has 0 bridgehead atoms. The highest BCUT2D eigenvalue weighted by Crippen LogP contribution is 2.38. The van der Waals surface area contributed by atoms with Crippen LogP contribution in [0.1, 0.15) is 10.4 Å². The van der Waals surface area contributed by atoms with Crippen LogP contribution in [0.3, 0.4) is 0 Å². The number of hydrogen-bond acceptors (Lipinski definition) is 4. The van der Waals surface area contributed by atoms with Gasteiger partial charge in [0.15, 0.2) is 0 Å². The molecule has 0 spiro atoms. The monoisotopic (exact) mass is 479 g/mol. The van der Waals surface area contributed by atoms with E-state index in [1.165, 1.54) is 12.3 Å². The van der Waals surface area contributed by atoms with Gasteiger partial charge >= 0.3 is 5.97 Å². The SMILES string of the molecule is COc1cc(Br)c(Oc2ncc(Br)cc2C(=O)O)cc1Br. The van der Waals surface area contributed by atoms with Crippen molar-refractivity contribution in [1.29, 1.82) is 0 Å². The Bertz CT molecular complexity index is 706. The highest BCUT2D eigenvalue weighted by atomic mass is 79.9. The Morgan fingerprint density at radius 1 is 1.14 bits per heavy atom. The predicted octanol–water partition coefficient (Wildman–Crippen LogP) is 4.87. The summed E-state index contributed by atoms with van der Waals surface area (Å²) in [6.45, 7) is 0. The van der Waals surface area contributed by atoms with Gasteiger partial charge in [-0.1, -0.05) is 0 Å². The molecule has 0 atom stereocenters. The molecule has 1 aromatic heterocycles. The zero-order valence-corrected chi connectivity index (χ0v) is 15.3. The van der Waals surface area contributed by atoms with Crippen LogP contribution >= 0.6 is 47.8 Å². The number of rotatable bonds is 4. The fraction of sp³-hybridized carbons (Fsp3) is 0.0769. The standard InChI is InChI=1S/C13H8Br3NO4/c1-20-10-3-9(16)11(4-8(10)15)21-12-7(13(18)19)2-6(14)5-17-12/h2-5H,1H3,(H,18,19). The minimum atomic E-state index is -1.12. The maximum Gasteiger partial charge on any atom is 0.341 e. The molecule has 0 saturated carbocycles. The van der Waals surface area contributed by atoms with Crippen LogP contribution in [0.15, 0.2) is 37.8 Å². The van der Waals surface area contributed by atoms with Crippen molar-refractivity contribution in [2.75, 3.05) is 7.11 Å². The molecule has 0 radical (unpaired) electrons. The van der Waals surface area contributed by atoms with Gasteiger partial charge in [0.25, 0.3) is 0 Å². The van der Waals surface area contributed by atoms with Gasteiger partial charge in [0.05, 0.1) is 16.1 Å². The zero-order valence-electron chi connectivity index (χ0n) is 10.6. The van der Waals surface area contributed by atoms with Crippen LogP contribution in [0.4, 0.5) is 0 Å². The lowest BCUT2D eigenvalue weighted by Crippen LogP contribution is -2.02. The molecule has 1 aromatic carbocycles. The normalized spacial score (nSPS) is 10.3. The molecule has 2 rings (SSSR count). The van der Waals surface area contributed by atoms with Gasteiger partial charge in [-0.3, -0.25) is 0 Å². The van der Waals surface area contributed by atoms with Crippen LogP contribution in [0.2, 0.25) is 0 Å². The van der Waals surface area contributed by atoms with Crippen molar-refractivity contribution < 1.29 is 19.4 Å².